The quantitative estimate of drug-likeness (QED) is 0.615. The summed E-state index contributed by atoms with van der Waals surface area (Å²) in [5.41, 5.74) is 2.23. The summed E-state index contributed by atoms with van der Waals surface area (Å²) in [4.78, 5) is 16.5. The van der Waals surface area contributed by atoms with Crippen molar-refractivity contribution in [2.45, 2.75) is 6.92 Å². The van der Waals surface area contributed by atoms with Gasteiger partial charge < -0.3 is 5.32 Å². The highest BCUT2D eigenvalue weighted by molar-refractivity contribution is 7.00. The third-order valence-electron chi connectivity index (χ3n) is 3.49. The van der Waals surface area contributed by atoms with Gasteiger partial charge in [0.25, 0.3) is 5.91 Å². The number of aromatic nitrogens is 6. The van der Waals surface area contributed by atoms with Gasteiger partial charge in [0.1, 0.15) is 16.9 Å². The molecule has 0 aliphatic carbocycles. The summed E-state index contributed by atoms with van der Waals surface area (Å²) in [6.07, 6.45) is 3.47. The molecular formula is C15H11N7OS. The fourth-order valence-corrected chi connectivity index (χ4v) is 2.84. The Balaban J connectivity index is 1.59. The molecule has 4 rings (SSSR count). The molecule has 8 nitrogen and oxygen atoms in total. The minimum absolute atomic E-state index is 0.219. The van der Waals surface area contributed by atoms with Crippen LogP contribution < -0.4 is 5.32 Å². The van der Waals surface area contributed by atoms with Gasteiger partial charge in [-0.3, -0.25) is 9.36 Å². The van der Waals surface area contributed by atoms with Crippen LogP contribution in [-0.4, -0.2) is 34.4 Å². The molecule has 0 unspecified atom stereocenters. The molecule has 3 heterocycles. The average Bonchev–Trinajstić information content (AvgIpc) is 3.24. The van der Waals surface area contributed by atoms with E-state index >= 15 is 0 Å². The lowest BCUT2D eigenvalue weighted by Gasteiger charge is -2.06. The smallest absolute Gasteiger partial charge is 0.276 e. The molecule has 0 radical (unpaired) electrons. The first-order valence-electron chi connectivity index (χ1n) is 7.09. The van der Waals surface area contributed by atoms with Crippen LogP contribution in [0.5, 0.6) is 0 Å². The number of nitrogens with one attached hydrogen (secondary N) is 1. The molecule has 3 aromatic heterocycles. The Labute approximate surface area is 140 Å². The molecule has 24 heavy (non-hydrogen) atoms. The summed E-state index contributed by atoms with van der Waals surface area (Å²) in [7, 11) is 0. The Morgan fingerprint density at radius 3 is 2.83 bits per heavy atom. The van der Waals surface area contributed by atoms with Crippen molar-refractivity contribution in [3.8, 4) is 5.82 Å². The number of hydrogen-bond donors (Lipinski definition) is 1. The first kappa shape index (κ1) is 14.4. The third kappa shape index (κ3) is 2.50. The number of rotatable bonds is 3. The molecule has 0 aliphatic rings. The van der Waals surface area contributed by atoms with Crippen LogP contribution in [0.3, 0.4) is 0 Å². The van der Waals surface area contributed by atoms with Crippen molar-refractivity contribution in [3.05, 3.63) is 54.2 Å². The van der Waals surface area contributed by atoms with Gasteiger partial charge in [-0.25, -0.2) is 4.98 Å². The second-order valence-corrected chi connectivity index (χ2v) is 5.54. The molecule has 0 spiro atoms. The molecular weight excluding hydrogens is 326 g/mol. The average molecular weight is 337 g/mol. The number of imidazole rings is 1. The molecule has 0 saturated heterocycles. The molecule has 1 N–H and O–H groups in total. The molecule has 0 atom stereocenters. The van der Waals surface area contributed by atoms with E-state index in [1.54, 1.807) is 35.2 Å². The second-order valence-electron chi connectivity index (χ2n) is 5.01. The fraction of sp³-hybridized carbons (Fsp3) is 0.0667. The Bertz CT molecular complexity index is 1020. The van der Waals surface area contributed by atoms with Crippen LogP contribution in [0.25, 0.3) is 16.9 Å². The highest BCUT2D eigenvalue weighted by Crippen LogP contribution is 2.21. The van der Waals surface area contributed by atoms with Gasteiger partial charge in [0.05, 0.1) is 17.4 Å². The number of nitrogens with zero attached hydrogens (tertiary/aromatic N) is 6. The number of benzene rings is 1. The van der Waals surface area contributed by atoms with Crippen molar-refractivity contribution < 1.29 is 4.79 Å². The van der Waals surface area contributed by atoms with Crippen molar-refractivity contribution in [3.63, 3.8) is 0 Å². The van der Waals surface area contributed by atoms with Crippen molar-refractivity contribution in [1.82, 2.24) is 28.5 Å². The fourth-order valence-electron chi connectivity index (χ4n) is 2.29. The number of hydrogen-bond acceptors (Lipinski definition) is 7. The summed E-state index contributed by atoms with van der Waals surface area (Å²) >= 11 is 1.10. The second kappa shape index (κ2) is 5.78. The highest BCUT2D eigenvalue weighted by atomic mass is 32.1. The largest absolute Gasteiger partial charge is 0.319 e. The van der Waals surface area contributed by atoms with E-state index in [9.17, 15) is 4.79 Å². The number of amides is 1. The van der Waals surface area contributed by atoms with E-state index in [0.29, 0.717) is 17.0 Å². The molecule has 0 bridgehead atoms. The number of carbonyl (C=O) groups excluding carboxylic acids is 1. The van der Waals surface area contributed by atoms with E-state index in [2.05, 4.69) is 29.2 Å². The van der Waals surface area contributed by atoms with Gasteiger partial charge in [0.2, 0.25) is 0 Å². The minimum atomic E-state index is -0.350. The Morgan fingerprint density at radius 1 is 1.17 bits per heavy atom. The maximum atomic E-state index is 12.4. The Morgan fingerprint density at radius 2 is 2.08 bits per heavy atom. The maximum absolute atomic E-state index is 12.4. The first-order valence-corrected chi connectivity index (χ1v) is 7.82. The molecule has 9 heteroatoms. The van der Waals surface area contributed by atoms with Crippen LogP contribution in [0.4, 0.5) is 5.69 Å². The molecule has 0 fully saturated rings. The van der Waals surface area contributed by atoms with Crippen LogP contribution in [0.2, 0.25) is 0 Å². The van der Waals surface area contributed by atoms with E-state index in [1.165, 1.54) is 0 Å². The van der Waals surface area contributed by atoms with Gasteiger partial charge in [-0.1, -0.05) is 6.07 Å². The van der Waals surface area contributed by atoms with E-state index in [0.717, 1.165) is 23.1 Å². The summed E-state index contributed by atoms with van der Waals surface area (Å²) in [5, 5.41) is 10.9. The van der Waals surface area contributed by atoms with E-state index in [4.69, 9.17) is 0 Å². The maximum Gasteiger partial charge on any atom is 0.276 e. The van der Waals surface area contributed by atoms with Gasteiger partial charge in [0, 0.05) is 12.4 Å². The SMILES string of the molecule is Cc1nccn1-c1ccc(C(=O)Nc2cccc3nsnc23)nn1. The van der Waals surface area contributed by atoms with E-state index in [-0.39, 0.29) is 11.6 Å². The zero-order valence-electron chi connectivity index (χ0n) is 12.5. The van der Waals surface area contributed by atoms with Crippen molar-refractivity contribution in [1.29, 1.82) is 0 Å². The zero-order chi connectivity index (χ0) is 16.5. The Hall–Kier alpha value is -3.20. The van der Waals surface area contributed by atoms with E-state index < -0.39 is 0 Å². The summed E-state index contributed by atoms with van der Waals surface area (Å²) in [5.74, 6) is 1.05. The number of carbonyl (C=O) groups is 1. The van der Waals surface area contributed by atoms with Crippen molar-refractivity contribution >= 4 is 34.4 Å². The van der Waals surface area contributed by atoms with Crippen LogP contribution >= 0.6 is 11.7 Å². The lowest BCUT2D eigenvalue weighted by Crippen LogP contribution is -2.15. The first-order chi connectivity index (χ1) is 11.7. The molecule has 4 aromatic rings. The van der Waals surface area contributed by atoms with Crippen LogP contribution in [0, 0.1) is 6.92 Å². The zero-order valence-corrected chi connectivity index (χ0v) is 13.4. The lowest BCUT2D eigenvalue weighted by molar-refractivity contribution is 0.102. The summed E-state index contributed by atoms with van der Waals surface area (Å²) in [6.45, 7) is 1.87. The Kier molecular flexibility index (Phi) is 3.47. The lowest BCUT2D eigenvalue weighted by atomic mass is 10.2. The van der Waals surface area contributed by atoms with Crippen LogP contribution in [0.1, 0.15) is 16.3 Å². The highest BCUT2D eigenvalue weighted by Gasteiger charge is 2.13. The number of anilines is 1. The predicted octanol–water partition coefficient (Wildman–Crippen LogP) is 2.23. The van der Waals surface area contributed by atoms with E-state index in [1.807, 2.05) is 19.1 Å². The standard InChI is InChI=1S/C15H11N7OS/c1-9-16-7-8-22(9)13-6-5-12(18-19-13)15(23)17-10-3-2-4-11-14(10)21-24-20-11/h2-8H,1H3,(H,17,23). The predicted molar refractivity (Wildman–Crippen MR) is 89.3 cm³/mol. The van der Waals surface area contributed by atoms with Gasteiger partial charge >= 0.3 is 0 Å². The van der Waals surface area contributed by atoms with Gasteiger partial charge in [0.15, 0.2) is 11.5 Å². The topological polar surface area (TPSA) is 98.5 Å². The normalized spacial score (nSPS) is 10.9. The molecule has 0 aliphatic heterocycles. The minimum Gasteiger partial charge on any atom is -0.319 e. The molecule has 1 aromatic carbocycles. The van der Waals surface area contributed by atoms with Crippen LogP contribution in [0.15, 0.2) is 42.7 Å². The van der Waals surface area contributed by atoms with Gasteiger partial charge in [-0.05, 0) is 31.2 Å². The summed E-state index contributed by atoms with van der Waals surface area (Å²) < 4.78 is 10.1. The van der Waals surface area contributed by atoms with Gasteiger partial charge in [-0.2, -0.15) is 8.75 Å². The van der Waals surface area contributed by atoms with Crippen molar-refractivity contribution in [2.24, 2.45) is 0 Å². The third-order valence-corrected chi connectivity index (χ3v) is 4.03. The number of fused-ring (bicyclic) bond motifs is 1. The summed E-state index contributed by atoms with van der Waals surface area (Å²) in [6, 6.07) is 8.78. The molecule has 118 valence electrons. The molecule has 0 saturated carbocycles. The van der Waals surface area contributed by atoms with Gasteiger partial charge in [-0.15, -0.1) is 10.2 Å². The van der Waals surface area contributed by atoms with Crippen molar-refractivity contribution in [2.75, 3.05) is 5.32 Å². The van der Waals surface area contributed by atoms with Crippen LogP contribution in [-0.2, 0) is 0 Å². The number of aryl methyl sites for hydroxylation is 1. The monoisotopic (exact) mass is 337 g/mol. The molecule has 1 amide bonds.